The summed E-state index contributed by atoms with van der Waals surface area (Å²) in [7, 11) is 2.09. The van der Waals surface area contributed by atoms with Crippen LogP contribution in [0.15, 0.2) is 0 Å². The summed E-state index contributed by atoms with van der Waals surface area (Å²) in [6, 6.07) is 0.693. The topological polar surface area (TPSA) is 15.3 Å². The number of hydrogen-bond acceptors (Lipinski definition) is 2. The fourth-order valence-electron chi connectivity index (χ4n) is 2.13. The average Bonchev–Trinajstić information content (AvgIpc) is 2.55. The van der Waals surface area contributed by atoms with E-state index in [9.17, 15) is 0 Å². The Kier molecular flexibility index (Phi) is 4.74. The van der Waals surface area contributed by atoms with Gasteiger partial charge in [-0.2, -0.15) is 0 Å². The minimum absolute atomic E-state index is 0.693. The van der Waals surface area contributed by atoms with E-state index >= 15 is 0 Å². The highest BCUT2D eigenvalue weighted by Crippen LogP contribution is 2.11. The number of nitrogens with zero attached hydrogens (tertiary/aromatic N) is 1. The summed E-state index contributed by atoms with van der Waals surface area (Å²) in [5, 5.41) is 3.42. The first kappa shape index (κ1) is 11.0. The van der Waals surface area contributed by atoms with Crippen molar-refractivity contribution in [2.45, 2.75) is 39.2 Å². The molecule has 78 valence electrons. The molecule has 2 heteroatoms. The molecule has 0 aromatic rings. The lowest BCUT2D eigenvalue weighted by Gasteiger charge is -2.24. The molecule has 0 aliphatic carbocycles. The largest absolute Gasteiger partial charge is 0.316 e. The van der Waals surface area contributed by atoms with Crippen molar-refractivity contribution in [2.24, 2.45) is 5.92 Å². The maximum Gasteiger partial charge on any atom is 0.0194 e. The van der Waals surface area contributed by atoms with E-state index in [-0.39, 0.29) is 0 Å². The third-order valence-electron chi connectivity index (χ3n) is 2.84. The van der Waals surface area contributed by atoms with Gasteiger partial charge in [-0.05, 0) is 45.3 Å². The van der Waals surface area contributed by atoms with Crippen LogP contribution in [0.2, 0.25) is 0 Å². The molecule has 0 aromatic heterocycles. The number of nitrogens with one attached hydrogen (secondary N) is 1. The second kappa shape index (κ2) is 5.61. The van der Waals surface area contributed by atoms with Gasteiger partial charge in [0.25, 0.3) is 0 Å². The SMILES string of the molecule is CNC(CC(C)C)CN1CCCC1. The van der Waals surface area contributed by atoms with Crippen LogP contribution >= 0.6 is 0 Å². The van der Waals surface area contributed by atoms with Crippen LogP contribution in [0, 0.1) is 5.92 Å². The highest BCUT2D eigenvalue weighted by molar-refractivity contribution is 4.75. The summed E-state index contributed by atoms with van der Waals surface area (Å²) in [5.74, 6) is 0.806. The Balaban J connectivity index is 2.21. The second-order valence-corrected chi connectivity index (χ2v) is 4.62. The number of hydrogen-bond donors (Lipinski definition) is 1. The molecule has 1 aliphatic rings. The lowest BCUT2D eigenvalue weighted by Crippen LogP contribution is -2.39. The second-order valence-electron chi connectivity index (χ2n) is 4.62. The zero-order valence-electron chi connectivity index (χ0n) is 9.34. The predicted molar refractivity (Wildman–Crippen MR) is 58.0 cm³/mol. The molecular weight excluding hydrogens is 160 g/mol. The van der Waals surface area contributed by atoms with E-state index in [1.165, 1.54) is 38.9 Å². The number of likely N-dealkylation sites (tertiary alicyclic amines) is 1. The van der Waals surface area contributed by atoms with E-state index in [0.29, 0.717) is 6.04 Å². The first-order valence-corrected chi connectivity index (χ1v) is 5.62. The van der Waals surface area contributed by atoms with Crippen molar-refractivity contribution in [1.29, 1.82) is 0 Å². The smallest absolute Gasteiger partial charge is 0.0194 e. The lowest BCUT2D eigenvalue weighted by atomic mass is 10.0. The van der Waals surface area contributed by atoms with Crippen molar-refractivity contribution in [3.63, 3.8) is 0 Å². The van der Waals surface area contributed by atoms with Crippen molar-refractivity contribution in [2.75, 3.05) is 26.7 Å². The molecular formula is C11H24N2. The van der Waals surface area contributed by atoms with Gasteiger partial charge in [0.15, 0.2) is 0 Å². The maximum atomic E-state index is 3.42. The van der Waals surface area contributed by atoms with Crippen LogP contribution in [0.4, 0.5) is 0 Å². The van der Waals surface area contributed by atoms with Gasteiger partial charge in [-0.25, -0.2) is 0 Å². The molecule has 2 nitrogen and oxygen atoms in total. The van der Waals surface area contributed by atoms with Gasteiger partial charge in [0.2, 0.25) is 0 Å². The molecule has 1 unspecified atom stereocenters. The Morgan fingerprint density at radius 3 is 2.31 bits per heavy atom. The number of rotatable bonds is 5. The Hall–Kier alpha value is -0.0800. The van der Waals surface area contributed by atoms with Crippen molar-refractivity contribution in [3.8, 4) is 0 Å². The van der Waals surface area contributed by atoms with Crippen molar-refractivity contribution >= 4 is 0 Å². The third-order valence-corrected chi connectivity index (χ3v) is 2.84. The minimum atomic E-state index is 0.693. The first-order chi connectivity index (χ1) is 6.22. The zero-order valence-corrected chi connectivity index (χ0v) is 9.34. The summed E-state index contributed by atoms with van der Waals surface area (Å²) < 4.78 is 0. The van der Waals surface area contributed by atoms with Gasteiger partial charge in [0.05, 0.1) is 0 Å². The van der Waals surface area contributed by atoms with Gasteiger partial charge in [-0.15, -0.1) is 0 Å². The molecule has 0 spiro atoms. The molecule has 1 saturated heterocycles. The van der Waals surface area contributed by atoms with Crippen molar-refractivity contribution in [3.05, 3.63) is 0 Å². The van der Waals surface area contributed by atoms with Crippen molar-refractivity contribution in [1.82, 2.24) is 10.2 Å². The summed E-state index contributed by atoms with van der Waals surface area (Å²) in [4.78, 5) is 2.59. The van der Waals surface area contributed by atoms with Crippen LogP contribution in [-0.4, -0.2) is 37.6 Å². The van der Waals surface area contributed by atoms with Gasteiger partial charge in [-0.3, -0.25) is 0 Å². The fourth-order valence-corrected chi connectivity index (χ4v) is 2.13. The van der Waals surface area contributed by atoms with Crippen LogP contribution in [0.3, 0.4) is 0 Å². The maximum absolute atomic E-state index is 3.42. The summed E-state index contributed by atoms with van der Waals surface area (Å²) >= 11 is 0. The van der Waals surface area contributed by atoms with Gasteiger partial charge in [0.1, 0.15) is 0 Å². The van der Waals surface area contributed by atoms with Crippen LogP contribution in [0.5, 0.6) is 0 Å². The van der Waals surface area contributed by atoms with Crippen LogP contribution in [0.25, 0.3) is 0 Å². The Labute approximate surface area is 82.7 Å². The third kappa shape index (κ3) is 4.10. The highest BCUT2D eigenvalue weighted by Gasteiger charge is 2.16. The van der Waals surface area contributed by atoms with E-state index in [1.807, 2.05) is 0 Å². The van der Waals surface area contributed by atoms with E-state index in [1.54, 1.807) is 0 Å². The van der Waals surface area contributed by atoms with Gasteiger partial charge >= 0.3 is 0 Å². The molecule has 1 atom stereocenters. The van der Waals surface area contributed by atoms with Gasteiger partial charge in [-0.1, -0.05) is 13.8 Å². The fraction of sp³-hybridized carbons (Fsp3) is 1.00. The Bertz CT molecular complexity index is 128. The summed E-state index contributed by atoms with van der Waals surface area (Å²) in [6.07, 6.45) is 4.10. The normalized spacial score (nSPS) is 21.2. The molecule has 0 aromatic carbocycles. The molecule has 1 fully saturated rings. The number of likely N-dealkylation sites (N-methyl/N-ethyl adjacent to an activating group) is 1. The monoisotopic (exact) mass is 184 g/mol. The molecule has 1 N–H and O–H groups in total. The summed E-state index contributed by atoms with van der Waals surface area (Å²) in [5.41, 5.74) is 0. The quantitative estimate of drug-likeness (QED) is 0.700. The van der Waals surface area contributed by atoms with E-state index in [2.05, 4.69) is 31.1 Å². The molecule has 1 aliphatic heterocycles. The predicted octanol–water partition coefficient (Wildman–Crippen LogP) is 1.72. The molecule has 0 saturated carbocycles. The molecule has 0 bridgehead atoms. The Morgan fingerprint density at radius 2 is 1.85 bits per heavy atom. The van der Waals surface area contributed by atoms with Crippen LogP contribution < -0.4 is 5.32 Å². The summed E-state index contributed by atoms with van der Waals surface area (Å²) in [6.45, 7) is 8.48. The average molecular weight is 184 g/mol. The van der Waals surface area contributed by atoms with E-state index in [0.717, 1.165) is 5.92 Å². The molecule has 0 amide bonds. The van der Waals surface area contributed by atoms with Crippen molar-refractivity contribution < 1.29 is 0 Å². The zero-order chi connectivity index (χ0) is 9.68. The Morgan fingerprint density at radius 1 is 1.23 bits per heavy atom. The molecule has 1 rings (SSSR count). The van der Waals surface area contributed by atoms with Crippen LogP contribution in [-0.2, 0) is 0 Å². The molecule has 0 radical (unpaired) electrons. The molecule has 1 heterocycles. The van der Waals surface area contributed by atoms with Crippen LogP contribution in [0.1, 0.15) is 33.1 Å². The van der Waals surface area contributed by atoms with E-state index in [4.69, 9.17) is 0 Å². The minimum Gasteiger partial charge on any atom is -0.316 e. The van der Waals surface area contributed by atoms with E-state index < -0.39 is 0 Å². The first-order valence-electron chi connectivity index (χ1n) is 5.62. The highest BCUT2D eigenvalue weighted by atomic mass is 15.2. The lowest BCUT2D eigenvalue weighted by molar-refractivity contribution is 0.276. The van der Waals surface area contributed by atoms with Gasteiger partial charge in [0, 0.05) is 12.6 Å². The van der Waals surface area contributed by atoms with Gasteiger partial charge < -0.3 is 10.2 Å². The standard InChI is InChI=1S/C11H24N2/c1-10(2)8-11(12-3)9-13-6-4-5-7-13/h10-12H,4-9H2,1-3H3. The molecule has 13 heavy (non-hydrogen) atoms.